The molecule has 1 unspecified atom stereocenters. The Kier molecular flexibility index (Phi) is 5.54. The Hall–Kier alpha value is -4.10. The lowest BCUT2D eigenvalue weighted by molar-refractivity contribution is -0.118. The number of fused-ring (bicyclic) bond motifs is 2. The third-order valence-electron chi connectivity index (χ3n) is 5.52. The molecule has 0 aliphatic rings. The maximum atomic E-state index is 13.4. The van der Waals surface area contributed by atoms with Gasteiger partial charge in [-0.15, -0.1) is 0 Å². The van der Waals surface area contributed by atoms with Crippen LogP contribution < -0.4 is 10.7 Å². The number of aromatic amines is 1. The van der Waals surface area contributed by atoms with E-state index in [1.807, 2.05) is 54.7 Å². The number of hydrogen-bond acceptors (Lipinski definition) is 3. The topological polar surface area (TPSA) is 91.8 Å². The lowest BCUT2D eigenvalue weighted by Crippen LogP contribution is -2.47. The molecular formula is C25H20ClN5O2. The number of hydrogen-bond donors (Lipinski definition) is 3. The molecule has 0 saturated heterocycles. The van der Waals surface area contributed by atoms with Gasteiger partial charge in [0.25, 0.3) is 11.8 Å². The molecule has 0 aliphatic heterocycles. The number of imidazole rings is 1. The largest absolute Gasteiger partial charge is 0.361 e. The lowest BCUT2D eigenvalue weighted by atomic mass is 10.0. The number of carbonyl (C=O) groups is 2. The van der Waals surface area contributed by atoms with E-state index in [1.165, 1.54) is 0 Å². The van der Waals surface area contributed by atoms with Gasteiger partial charge in [0.2, 0.25) is 0 Å². The zero-order valence-corrected chi connectivity index (χ0v) is 18.2. The number of carbonyl (C=O) groups excluding carboxylic acids is 2. The van der Waals surface area contributed by atoms with Gasteiger partial charge in [-0.2, -0.15) is 0 Å². The normalized spacial score (nSPS) is 12.0. The van der Waals surface area contributed by atoms with Crippen molar-refractivity contribution < 1.29 is 9.59 Å². The van der Waals surface area contributed by atoms with Crippen molar-refractivity contribution in [3.63, 3.8) is 0 Å². The van der Waals surface area contributed by atoms with Gasteiger partial charge in [-0.1, -0.05) is 54.1 Å². The monoisotopic (exact) mass is 457 g/mol. The first-order valence-electron chi connectivity index (χ1n) is 10.4. The number of benzene rings is 3. The van der Waals surface area contributed by atoms with Crippen LogP contribution in [0.2, 0.25) is 5.02 Å². The van der Waals surface area contributed by atoms with E-state index in [1.54, 1.807) is 35.3 Å². The zero-order valence-electron chi connectivity index (χ0n) is 17.5. The molecule has 2 heterocycles. The number of halogens is 1. The fourth-order valence-electron chi connectivity index (χ4n) is 3.86. The molecule has 2 aromatic heterocycles. The van der Waals surface area contributed by atoms with Crippen molar-refractivity contribution in [2.24, 2.45) is 0 Å². The molecule has 0 fully saturated rings. The van der Waals surface area contributed by atoms with Crippen molar-refractivity contribution >= 4 is 45.4 Å². The maximum Gasteiger partial charge on any atom is 0.261 e. The van der Waals surface area contributed by atoms with Gasteiger partial charge < -0.3 is 10.3 Å². The molecule has 1 atom stereocenters. The predicted octanol–water partition coefficient (Wildman–Crippen LogP) is 4.28. The van der Waals surface area contributed by atoms with E-state index in [0.29, 0.717) is 17.0 Å². The van der Waals surface area contributed by atoms with Crippen molar-refractivity contribution in [3.05, 3.63) is 101 Å². The summed E-state index contributed by atoms with van der Waals surface area (Å²) in [6.07, 6.45) is 3.69. The van der Waals surface area contributed by atoms with E-state index in [4.69, 9.17) is 11.6 Å². The summed E-state index contributed by atoms with van der Waals surface area (Å²) in [5.74, 6) is -0.792. The standard InChI is InChI=1S/C25H20ClN5O2/c26-19-9-3-1-8-18(19)24(32)29-22(13-16-14-27-20-10-4-2-7-17(16)20)25(33)30-31-15-28-21-11-5-6-12-23(21)31/h1-12,14-15,22,27H,13H2,(H,29,32)(H,30,33). The number of rotatable bonds is 6. The molecule has 0 bridgehead atoms. The van der Waals surface area contributed by atoms with Crippen LogP contribution in [0.3, 0.4) is 0 Å². The van der Waals surface area contributed by atoms with Crippen LogP contribution in [0.4, 0.5) is 0 Å². The summed E-state index contributed by atoms with van der Waals surface area (Å²) in [4.78, 5) is 33.9. The number of H-pyrrole nitrogens is 1. The third kappa shape index (κ3) is 4.18. The molecule has 3 aromatic carbocycles. The molecule has 0 saturated carbocycles. The quantitative estimate of drug-likeness (QED) is 0.355. The summed E-state index contributed by atoms with van der Waals surface area (Å²) >= 11 is 6.20. The first-order valence-corrected chi connectivity index (χ1v) is 10.8. The van der Waals surface area contributed by atoms with E-state index in [9.17, 15) is 9.59 Å². The summed E-state index contributed by atoms with van der Waals surface area (Å²) in [5.41, 5.74) is 6.56. The molecule has 0 radical (unpaired) electrons. The van der Waals surface area contributed by atoms with Gasteiger partial charge in [-0.3, -0.25) is 15.0 Å². The molecule has 7 nitrogen and oxygen atoms in total. The molecule has 5 rings (SSSR count). The molecule has 33 heavy (non-hydrogen) atoms. The van der Waals surface area contributed by atoms with Crippen LogP contribution in [0.1, 0.15) is 15.9 Å². The number of nitrogens with zero attached hydrogens (tertiary/aromatic N) is 2. The van der Waals surface area contributed by atoms with Crippen LogP contribution in [-0.2, 0) is 11.2 Å². The fraction of sp³-hybridized carbons (Fsp3) is 0.0800. The van der Waals surface area contributed by atoms with E-state index in [-0.39, 0.29) is 5.91 Å². The van der Waals surface area contributed by atoms with Crippen LogP contribution in [0.15, 0.2) is 85.3 Å². The van der Waals surface area contributed by atoms with Crippen molar-refractivity contribution in [1.82, 2.24) is 20.0 Å². The van der Waals surface area contributed by atoms with Gasteiger partial charge in [0.1, 0.15) is 12.4 Å². The number of nitrogens with one attached hydrogen (secondary N) is 3. The Morgan fingerprint density at radius 2 is 1.76 bits per heavy atom. The van der Waals surface area contributed by atoms with Gasteiger partial charge in [-0.05, 0) is 35.9 Å². The molecular weight excluding hydrogens is 438 g/mol. The fourth-order valence-corrected chi connectivity index (χ4v) is 4.08. The van der Waals surface area contributed by atoms with Crippen molar-refractivity contribution in [2.75, 3.05) is 5.43 Å². The highest BCUT2D eigenvalue weighted by Gasteiger charge is 2.25. The Morgan fingerprint density at radius 3 is 2.64 bits per heavy atom. The minimum absolute atomic E-state index is 0.290. The summed E-state index contributed by atoms with van der Waals surface area (Å²) in [6.45, 7) is 0. The summed E-state index contributed by atoms with van der Waals surface area (Å²) < 4.78 is 1.56. The van der Waals surface area contributed by atoms with Gasteiger partial charge in [0.05, 0.1) is 21.6 Å². The minimum atomic E-state index is -0.853. The molecule has 164 valence electrons. The first-order chi connectivity index (χ1) is 16.1. The Balaban J connectivity index is 1.45. The average Bonchev–Trinajstić information content (AvgIpc) is 3.43. The molecule has 0 aliphatic carbocycles. The second-order valence-electron chi connectivity index (χ2n) is 7.65. The van der Waals surface area contributed by atoms with Gasteiger partial charge in [0.15, 0.2) is 0 Å². The van der Waals surface area contributed by atoms with Crippen LogP contribution >= 0.6 is 11.6 Å². The number of aromatic nitrogens is 3. The molecule has 3 N–H and O–H groups in total. The van der Waals surface area contributed by atoms with Crippen LogP contribution in [-0.4, -0.2) is 32.5 Å². The first kappa shape index (κ1) is 20.8. The van der Waals surface area contributed by atoms with Crippen LogP contribution in [0.25, 0.3) is 21.9 Å². The van der Waals surface area contributed by atoms with Crippen molar-refractivity contribution in [1.29, 1.82) is 0 Å². The van der Waals surface area contributed by atoms with E-state index in [0.717, 1.165) is 27.5 Å². The second kappa shape index (κ2) is 8.80. The summed E-state index contributed by atoms with van der Waals surface area (Å²) in [5, 5.41) is 4.17. The molecule has 2 amide bonds. The highest BCUT2D eigenvalue weighted by Crippen LogP contribution is 2.20. The van der Waals surface area contributed by atoms with E-state index < -0.39 is 11.9 Å². The van der Waals surface area contributed by atoms with Gasteiger partial charge in [-0.25, -0.2) is 9.66 Å². The highest BCUT2D eigenvalue weighted by molar-refractivity contribution is 6.33. The SMILES string of the molecule is O=C(NC(Cc1c[nH]c2ccccc12)C(=O)Nn1cnc2ccccc21)c1ccccc1Cl. The van der Waals surface area contributed by atoms with Crippen LogP contribution in [0, 0.1) is 0 Å². The summed E-state index contributed by atoms with van der Waals surface area (Å²) in [6, 6.07) is 21.2. The Bertz CT molecular complexity index is 1470. The molecule has 5 aromatic rings. The smallest absolute Gasteiger partial charge is 0.261 e. The number of amides is 2. The average molecular weight is 458 g/mol. The van der Waals surface area contributed by atoms with E-state index in [2.05, 4.69) is 20.7 Å². The van der Waals surface area contributed by atoms with Gasteiger partial charge >= 0.3 is 0 Å². The third-order valence-corrected chi connectivity index (χ3v) is 5.85. The molecule has 0 spiro atoms. The summed E-state index contributed by atoms with van der Waals surface area (Å²) in [7, 11) is 0. The van der Waals surface area contributed by atoms with Crippen LogP contribution in [0.5, 0.6) is 0 Å². The Morgan fingerprint density at radius 1 is 1.00 bits per heavy atom. The van der Waals surface area contributed by atoms with Gasteiger partial charge in [0, 0.05) is 23.5 Å². The highest BCUT2D eigenvalue weighted by atomic mass is 35.5. The Labute approximate surface area is 194 Å². The number of para-hydroxylation sites is 3. The zero-order chi connectivity index (χ0) is 22.8. The van der Waals surface area contributed by atoms with Crippen molar-refractivity contribution in [2.45, 2.75) is 12.5 Å². The van der Waals surface area contributed by atoms with Crippen molar-refractivity contribution in [3.8, 4) is 0 Å². The second-order valence-corrected chi connectivity index (χ2v) is 8.06. The predicted molar refractivity (Wildman–Crippen MR) is 129 cm³/mol. The lowest BCUT2D eigenvalue weighted by Gasteiger charge is -2.19. The maximum absolute atomic E-state index is 13.4. The minimum Gasteiger partial charge on any atom is -0.361 e. The molecule has 8 heteroatoms. The van der Waals surface area contributed by atoms with E-state index >= 15 is 0 Å².